The van der Waals surface area contributed by atoms with Crippen molar-refractivity contribution in [2.75, 3.05) is 32.8 Å². The summed E-state index contributed by atoms with van der Waals surface area (Å²) in [7, 11) is 0. The molecule has 1 aliphatic heterocycles. The van der Waals surface area contributed by atoms with Crippen molar-refractivity contribution in [3.8, 4) is 5.75 Å². The predicted molar refractivity (Wildman–Crippen MR) is 81.6 cm³/mol. The topological polar surface area (TPSA) is 61.8 Å². The van der Waals surface area contributed by atoms with Gasteiger partial charge in [-0.25, -0.2) is 4.39 Å². The minimum Gasteiger partial charge on any atom is -0.494 e. The molecule has 6 heteroatoms. The number of carboxylic acids is 1. The molecule has 0 spiro atoms. The number of hydrogen-bond donors (Lipinski definition) is 2. The molecule has 0 amide bonds. The maximum Gasteiger partial charge on any atom is 0.317 e. The molecule has 0 aromatic heterocycles. The molecule has 0 bridgehead atoms. The molecule has 1 fully saturated rings. The average Bonchev–Trinajstić information content (AvgIpc) is 2.86. The van der Waals surface area contributed by atoms with Gasteiger partial charge in [0.15, 0.2) is 0 Å². The van der Waals surface area contributed by atoms with E-state index in [4.69, 9.17) is 9.84 Å². The number of halogens is 1. The minimum atomic E-state index is -0.827. The van der Waals surface area contributed by atoms with E-state index < -0.39 is 5.97 Å². The largest absolute Gasteiger partial charge is 0.494 e. The maximum absolute atomic E-state index is 12.8. The first kappa shape index (κ1) is 16.7. The van der Waals surface area contributed by atoms with E-state index in [1.807, 2.05) is 0 Å². The van der Waals surface area contributed by atoms with Gasteiger partial charge in [0.25, 0.3) is 0 Å². The van der Waals surface area contributed by atoms with Crippen molar-refractivity contribution in [2.24, 2.45) is 0 Å². The van der Waals surface area contributed by atoms with Crippen LogP contribution >= 0.6 is 0 Å². The Morgan fingerprint density at radius 1 is 1.45 bits per heavy atom. The summed E-state index contributed by atoms with van der Waals surface area (Å²) in [4.78, 5) is 12.9. The van der Waals surface area contributed by atoms with Gasteiger partial charge in [-0.05, 0) is 44.0 Å². The van der Waals surface area contributed by atoms with Crippen LogP contribution in [0.15, 0.2) is 24.3 Å². The molecule has 0 saturated carbocycles. The number of hydrogen-bond acceptors (Lipinski definition) is 4. The van der Waals surface area contributed by atoms with Crippen LogP contribution in [0.5, 0.6) is 5.75 Å². The van der Waals surface area contributed by atoms with Gasteiger partial charge in [-0.3, -0.25) is 4.79 Å². The third kappa shape index (κ3) is 5.27. The van der Waals surface area contributed by atoms with E-state index in [0.717, 1.165) is 32.5 Å². The highest BCUT2D eigenvalue weighted by Gasteiger charge is 2.33. The highest BCUT2D eigenvalue weighted by Crippen LogP contribution is 2.20. The lowest BCUT2D eigenvalue weighted by Crippen LogP contribution is -2.47. The normalized spacial score (nSPS) is 21.9. The Hall–Kier alpha value is -1.66. The summed E-state index contributed by atoms with van der Waals surface area (Å²) < 4.78 is 18.3. The number of carboxylic acid groups (broad SMARTS) is 1. The fourth-order valence-electron chi connectivity index (χ4n) is 2.69. The second-order valence-electron chi connectivity index (χ2n) is 5.99. The Balaban J connectivity index is 1.64. The molecule has 2 N–H and O–H groups in total. The molecule has 5 nitrogen and oxygen atoms in total. The lowest BCUT2D eigenvalue weighted by Gasteiger charge is -2.25. The van der Waals surface area contributed by atoms with E-state index in [9.17, 15) is 9.18 Å². The Bertz CT molecular complexity index is 495. The van der Waals surface area contributed by atoms with Gasteiger partial charge in [-0.1, -0.05) is 0 Å². The number of likely N-dealkylation sites (tertiary alicyclic amines) is 1. The zero-order valence-corrected chi connectivity index (χ0v) is 12.8. The van der Waals surface area contributed by atoms with Gasteiger partial charge >= 0.3 is 5.97 Å². The van der Waals surface area contributed by atoms with Crippen molar-refractivity contribution < 1.29 is 19.0 Å². The van der Waals surface area contributed by atoms with E-state index in [1.165, 1.54) is 12.1 Å². The second-order valence-corrected chi connectivity index (χ2v) is 5.99. The molecule has 0 aliphatic carbocycles. The van der Waals surface area contributed by atoms with Gasteiger partial charge < -0.3 is 20.1 Å². The standard InChI is InChI=1S/C16H23FN2O3/c1-16(18-11-15(20)21)7-9-19(12-16)8-2-10-22-14-5-3-13(17)4-6-14/h3-6,18H,2,7-12H2,1H3,(H,20,21)/t16-/m0/s1. The summed E-state index contributed by atoms with van der Waals surface area (Å²) in [6, 6.07) is 6.01. The van der Waals surface area contributed by atoms with E-state index in [0.29, 0.717) is 12.4 Å². The van der Waals surface area contributed by atoms with Crippen LogP contribution in [0.2, 0.25) is 0 Å². The fourth-order valence-corrected chi connectivity index (χ4v) is 2.69. The van der Waals surface area contributed by atoms with Crippen LogP contribution in [0.3, 0.4) is 0 Å². The van der Waals surface area contributed by atoms with Gasteiger partial charge in [0.05, 0.1) is 13.2 Å². The third-order valence-electron chi connectivity index (χ3n) is 3.92. The average molecular weight is 310 g/mol. The first-order valence-corrected chi connectivity index (χ1v) is 7.54. The molecule has 0 unspecified atom stereocenters. The number of ether oxygens (including phenoxy) is 1. The zero-order chi connectivity index (χ0) is 16.0. The lowest BCUT2D eigenvalue weighted by atomic mass is 10.0. The predicted octanol–water partition coefficient (Wildman–Crippen LogP) is 1.73. The summed E-state index contributed by atoms with van der Waals surface area (Å²) >= 11 is 0. The first-order chi connectivity index (χ1) is 10.5. The lowest BCUT2D eigenvalue weighted by molar-refractivity contribution is -0.136. The molecule has 22 heavy (non-hydrogen) atoms. The van der Waals surface area contributed by atoms with Crippen LogP contribution < -0.4 is 10.1 Å². The molecular weight excluding hydrogens is 287 g/mol. The van der Waals surface area contributed by atoms with Gasteiger partial charge in [0.2, 0.25) is 0 Å². The van der Waals surface area contributed by atoms with Crippen molar-refractivity contribution >= 4 is 5.97 Å². The number of carbonyl (C=O) groups is 1. The highest BCUT2D eigenvalue weighted by molar-refractivity contribution is 5.69. The SMILES string of the molecule is C[C@]1(NCC(=O)O)CCN(CCCOc2ccc(F)cc2)C1. The second kappa shape index (κ2) is 7.56. The van der Waals surface area contributed by atoms with Crippen molar-refractivity contribution in [1.82, 2.24) is 10.2 Å². The van der Waals surface area contributed by atoms with Gasteiger partial charge in [0, 0.05) is 25.2 Å². The number of benzene rings is 1. The van der Waals surface area contributed by atoms with E-state index in [-0.39, 0.29) is 17.9 Å². The van der Waals surface area contributed by atoms with E-state index >= 15 is 0 Å². The summed E-state index contributed by atoms with van der Waals surface area (Å²) in [5.74, 6) is -0.416. The molecule has 1 heterocycles. The summed E-state index contributed by atoms with van der Waals surface area (Å²) in [6.45, 7) is 5.35. The minimum absolute atomic E-state index is 0.00197. The van der Waals surface area contributed by atoms with Crippen molar-refractivity contribution in [3.05, 3.63) is 30.1 Å². The van der Waals surface area contributed by atoms with E-state index in [1.54, 1.807) is 12.1 Å². The molecule has 1 atom stereocenters. The molecule has 2 rings (SSSR count). The molecule has 122 valence electrons. The van der Waals surface area contributed by atoms with Gasteiger partial charge in [-0.15, -0.1) is 0 Å². The van der Waals surface area contributed by atoms with Crippen molar-refractivity contribution in [2.45, 2.75) is 25.3 Å². The summed E-state index contributed by atoms with van der Waals surface area (Å²) in [6.07, 6.45) is 1.82. The number of nitrogens with one attached hydrogen (secondary N) is 1. The first-order valence-electron chi connectivity index (χ1n) is 7.54. The van der Waals surface area contributed by atoms with Crippen molar-refractivity contribution in [3.63, 3.8) is 0 Å². The van der Waals surface area contributed by atoms with Crippen LogP contribution in [0.4, 0.5) is 4.39 Å². The highest BCUT2D eigenvalue weighted by atomic mass is 19.1. The monoisotopic (exact) mass is 310 g/mol. The quantitative estimate of drug-likeness (QED) is 0.716. The molecule has 1 aliphatic rings. The van der Waals surface area contributed by atoms with E-state index in [2.05, 4.69) is 17.1 Å². The smallest absolute Gasteiger partial charge is 0.317 e. The summed E-state index contributed by atoms with van der Waals surface area (Å²) in [5.41, 5.74) is -0.129. The Morgan fingerprint density at radius 2 is 2.18 bits per heavy atom. The van der Waals surface area contributed by atoms with Crippen molar-refractivity contribution in [1.29, 1.82) is 0 Å². The molecular formula is C16H23FN2O3. The Labute approximate surface area is 130 Å². The Morgan fingerprint density at radius 3 is 2.86 bits per heavy atom. The van der Waals surface area contributed by atoms with Crippen LogP contribution in [0, 0.1) is 5.82 Å². The van der Waals surface area contributed by atoms with Gasteiger partial charge in [0.1, 0.15) is 11.6 Å². The fraction of sp³-hybridized carbons (Fsp3) is 0.562. The number of rotatable bonds is 8. The van der Waals surface area contributed by atoms with Gasteiger partial charge in [-0.2, -0.15) is 0 Å². The zero-order valence-electron chi connectivity index (χ0n) is 12.8. The molecule has 0 radical (unpaired) electrons. The molecule has 1 aromatic carbocycles. The van der Waals surface area contributed by atoms with Crippen LogP contribution in [0.25, 0.3) is 0 Å². The third-order valence-corrected chi connectivity index (χ3v) is 3.92. The maximum atomic E-state index is 12.8. The van der Waals surface area contributed by atoms with Crippen LogP contribution in [-0.4, -0.2) is 54.3 Å². The molecule has 1 saturated heterocycles. The number of aliphatic carboxylic acids is 1. The van der Waals surface area contributed by atoms with Crippen LogP contribution in [-0.2, 0) is 4.79 Å². The van der Waals surface area contributed by atoms with Crippen LogP contribution in [0.1, 0.15) is 19.8 Å². The molecule has 1 aromatic rings. The number of nitrogens with zero attached hydrogens (tertiary/aromatic N) is 1. The summed E-state index contributed by atoms with van der Waals surface area (Å²) in [5, 5.41) is 11.8. The Kier molecular flexibility index (Phi) is 5.74.